The zero-order valence-electron chi connectivity index (χ0n) is 14.9. The number of ether oxygens (including phenoxy) is 4. The molecule has 2 aromatic rings. The Bertz CT molecular complexity index is 675. The van der Waals surface area contributed by atoms with E-state index in [-0.39, 0.29) is 13.2 Å². The molecule has 0 atom stereocenters. The number of rotatable bonds is 10. The molecule has 0 aromatic heterocycles. The lowest BCUT2D eigenvalue weighted by molar-refractivity contribution is 0.196. The van der Waals surface area contributed by atoms with Crippen LogP contribution >= 0.6 is 0 Å². The van der Waals surface area contributed by atoms with E-state index in [4.69, 9.17) is 24.1 Å². The van der Waals surface area contributed by atoms with Crippen LogP contribution in [0, 0.1) is 0 Å². The summed E-state index contributed by atoms with van der Waals surface area (Å²) < 4.78 is 21.3. The van der Waals surface area contributed by atoms with E-state index in [2.05, 4.69) is 5.32 Å². The Labute approximate surface area is 148 Å². The number of hydrogen-bond donors (Lipinski definition) is 2. The van der Waals surface area contributed by atoms with Crippen molar-refractivity contribution in [1.29, 1.82) is 0 Å². The van der Waals surface area contributed by atoms with Gasteiger partial charge in [-0.1, -0.05) is 12.1 Å². The van der Waals surface area contributed by atoms with Gasteiger partial charge in [0.05, 0.1) is 27.9 Å². The van der Waals surface area contributed by atoms with Crippen molar-refractivity contribution in [2.24, 2.45) is 0 Å². The monoisotopic (exact) mass is 347 g/mol. The molecule has 0 aliphatic rings. The van der Waals surface area contributed by atoms with Crippen LogP contribution in [0.2, 0.25) is 0 Å². The third-order valence-electron chi connectivity index (χ3n) is 3.68. The lowest BCUT2D eigenvalue weighted by Gasteiger charge is -2.13. The number of benzene rings is 2. The molecule has 6 nitrogen and oxygen atoms in total. The highest BCUT2D eigenvalue weighted by Crippen LogP contribution is 2.29. The Morgan fingerprint density at radius 2 is 1.28 bits per heavy atom. The van der Waals surface area contributed by atoms with Crippen LogP contribution in [0.15, 0.2) is 36.4 Å². The number of aliphatic hydroxyl groups is 1. The normalized spacial score (nSPS) is 10.4. The number of methoxy groups -OCH3 is 3. The topological polar surface area (TPSA) is 69.2 Å². The fraction of sp³-hybridized carbons (Fsp3) is 0.368. The first-order chi connectivity index (χ1) is 12.2. The average Bonchev–Trinajstić information content (AvgIpc) is 2.66. The molecule has 25 heavy (non-hydrogen) atoms. The zero-order valence-corrected chi connectivity index (χ0v) is 14.9. The zero-order chi connectivity index (χ0) is 18.1. The van der Waals surface area contributed by atoms with Crippen LogP contribution < -0.4 is 24.3 Å². The third kappa shape index (κ3) is 5.27. The van der Waals surface area contributed by atoms with Gasteiger partial charge < -0.3 is 29.4 Å². The van der Waals surface area contributed by atoms with Crippen molar-refractivity contribution in [1.82, 2.24) is 5.32 Å². The highest BCUT2D eigenvalue weighted by atomic mass is 16.5. The quantitative estimate of drug-likeness (QED) is 0.688. The van der Waals surface area contributed by atoms with Gasteiger partial charge in [-0.2, -0.15) is 0 Å². The van der Waals surface area contributed by atoms with Gasteiger partial charge in [0, 0.05) is 13.1 Å². The summed E-state index contributed by atoms with van der Waals surface area (Å²) in [6.45, 7) is 1.60. The van der Waals surface area contributed by atoms with Crippen molar-refractivity contribution >= 4 is 0 Å². The molecule has 0 bridgehead atoms. The van der Waals surface area contributed by atoms with Crippen molar-refractivity contribution in [2.45, 2.75) is 13.1 Å². The maximum Gasteiger partial charge on any atom is 0.161 e. The second-order valence-electron chi connectivity index (χ2n) is 5.35. The van der Waals surface area contributed by atoms with E-state index in [1.165, 1.54) is 0 Å². The molecule has 0 heterocycles. The molecule has 0 aliphatic carbocycles. The molecule has 0 radical (unpaired) electrons. The number of nitrogens with one attached hydrogen (secondary N) is 1. The molecule has 0 saturated heterocycles. The summed E-state index contributed by atoms with van der Waals surface area (Å²) in [5.41, 5.74) is 2.18. The molecule has 0 saturated carbocycles. The van der Waals surface area contributed by atoms with E-state index in [0.717, 1.165) is 16.9 Å². The van der Waals surface area contributed by atoms with E-state index in [1.54, 1.807) is 21.3 Å². The minimum atomic E-state index is -0.0300. The van der Waals surface area contributed by atoms with Gasteiger partial charge in [-0.3, -0.25) is 0 Å². The van der Waals surface area contributed by atoms with Crippen LogP contribution in [0.4, 0.5) is 0 Å². The van der Waals surface area contributed by atoms with Gasteiger partial charge in [0.1, 0.15) is 6.61 Å². The molecule has 0 unspecified atom stereocenters. The molecule has 2 rings (SSSR count). The van der Waals surface area contributed by atoms with Crippen molar-refractivity contribution in [3.05, 3.63) is 47.5 Å². The number of aliphatic hydroxyl groups excluding tert-OH is 1. The summed E-state index contributed by atoms with van der Waals surface area (Å²) in [4.78, 5) is 0. The highest BCUT2D eigenvalue weighted by molar-refractivity contribution is 5.44. The Hall–Kier alpha value is -2.44. The third-order valence-corrected chi connectivity index (χ3v) is 3.68. The van der Waals surface area contributed by atoms with Gasteiger partial charge in [0.25, 0.3) is 0 Å². The Balaban J connectivity index is 1.95. The van der Waals surface area contributed by atoms with E-state index in [0.29, 0.717) is 30.3 Å². The molecule has 6 heteroatoms. The predicted molar refractivity (Wildman–Crippen MR) is 95.7 cm³/mol. The van der Waals surface area contributed by atoms with Gasteiger partial charge >= 0.3 is 0 Å². The first-order valence-electron chi connectivity index (χ1n) is 8.04. The summed E-state index contributed by atoms with van der Waals surface area (Å²) in [6.07, 6.45) is 0. The van der Waals surface area contributed by atoms with Crippen molar-refractivity contribution in [3.63, 3.8) is 0 Å². The summed E-state index contributed by atoms with van der Waals surface area (Å²) in [6, 6.07) is 11.6. The summed E-state index contributed by atoms with van der Waals surface area (Å²) >= 11 is 0. The summed E-state index contributed by atoms with van der Waals surface area (Å²) in [5.74, 6) is 2.71. The second-order valence-corrected chi connectivity index (χ2v) is 5.35. The molecule has 0 fully saturated rings. The van der Waals surface area contributed by atoms with Crippen LogP contribution in [0.3, 0.4) is 0 Å². The fourth-order valence-electron chi connectivity index (χ4n) is 2.44. The van der Waals surface area contributed by atoms with Crippen LogP contribution in [-0.4, -0.2) is 39.6 Å². The van der Waals surface area contributed by atoms with Crippen LogP contribution in [0.25, 0.3) is 0 Å². The molecule has 0 amide bonds. The van der Waals surface area contributed by atoms with Gasteiger partial charge in [0.2, 0.25) is 0 Å². The van der Waals surface area contributed by atoms with Gasteiger partial charge in [-0.25, -0.2) is 0 Å². The summed E-state index contributed by atoms with van der Waals surface area (Å²) in [7, 11) is 4.85. The Kier molecular flexibility index (Phi) is 7.37. The van der Waals surface area contributed by atoms with Crippen molar-refractivity contribution in [3.8, 4) is 23.0 Å². The molecule has 136 valence electrons. The maximum absolute atomic E-state index is 8.85. The molecule has 0 aliphatic heterocycles. The predicted octanol–water partition coefficient (Wildman–Crippen LogP) is 2.37. The maximum atomic E-state index is 8.85. The molecule has 2 aromatic carbocycles. The first kappa shape index (κ1) is 18.9. The molecule has 0 spiro atoms. The molecule has 2 N–H and O–H groups in total. The van der Waals surface area contributed by atoms with E-state index in [1.807, 2.05) is 36.4 Å². The minimum Gasteiger partial charge on any atom is -0.493 e. The molecular formula is C19H25NO5. The van der Waals surface area contributed by atoms with Crippen molar-refractivity contribution in [2.75, 3.05) is 34.5 Å². The van der Waals surface area contributed by atoms with E-state index >= 15 is 0 Å². The summed E-state index contributed by atoms with van der Waals surface area (Å²) in [5, 5.41) is 12.2. The van der Waals surface area contributed by atoms with Gasteiger partial charge in [-0.05, 0) is 35.4 Å². The minimum absolute atomic E-state index is 0.0300. The fourth-order valence-corrected chi connectivity index (χ4v) is 2.44. The van der Waals surface area contributed by atoms with Crippen molar-refractivity contribution < 1.29 is 24.1 Å². The number of hydrogen-bond acceptors (Lipinski definition) is 6. The first-order valence-corrected chi connectivity index (χ1v) is 8.04. The lowest BCUT2D eigenvalue weighted by atomic mass is 10.1. The largest absolute Gasteiger partial charge is 0.493 e. The Morgan fingerprint density at radius 1 is 0.760 bits per heavy atom. The van der Waals surface area contributed by atoms with Gasteiger partial charge in [0.15, 0.2) is 23.0 Å². The second kappa shape index (κ2) is 9.76. The van der Waals surface area contributed by atoms with E-state index in [9.17, 15) is 0 Å². The SMILES string of the molecule is COc1ccc(CNCc2ccc(OCCO)c(OC)c2)cc1OC. The molecular weight excluding hydrogens is 322 g/mol. The van der Waals surface area contributed by atoms with Crippen LogP contribution in [0.1, 0.15) is 11.1 Å². The standard InChI is InChI=1S/C19H25NO5/c1-22-16-6-4-14(10-18(16)23-2)12-20-13-15-5-7-17(25-9-8-21)19(11-15)24-3/h4-7,10-11,20-21H,8-9,12-13H2,1-3H3. The van der Waals surface area contributed by atoms with Crippen LogP contribution in [-0.2, 0) is 13.1 Å². The highest BCUT2D eigenvalue weighted by Gasteiger charge is 2.07. The lowest BCUT2D eigenvalue weighted by Crippen LogP contribution is -2.13. The van der Waals surface area contributed by atoms with Gasteiger partial charge in [-0.15, -0.1) is 0 Å². The smallest absolute Gasteiger partial charge is 0.161 e. The van der Waals surface area contributed by atoms with E-state index < -0.39 is 0 Å². The average molecular weight is 347 g/mol. The van der Waals surface area contributed by atoms with Crippen LogP contribution in [0.5, 0.6) is 23.0 Å². The Morgan fingerprint density at radius 3 is 1.80 bits per heavy atom.